The Morgan fingerprint density at radius 1 is 1.03 bits per heavy atom. The van der Waals surface area contributed by atoms with Crippen LogP contribution in [0.15, 0.2) is 60.8 Å². The summed E-state index contributed by atoms with van der Waals surface area (Å²) >= 11 is 6.10. The van der Waals surface area contributed by atoms with Crippen LogP contribution in [-0.2, 0) is 6.54 Å². The first kappa shape index (κ1) is 22.4. The molecular formula is C26H26ClN5O2. The van der Waals surface area contributed by atoms with Crippen molar-refractivity contribution in [1.82, 2.24) is 24.2 Å². The summed E-state index contributed by atoms with van der Waals surface area (Å²) in [4.78, 5) is 26.5. The molecule has 34 heavy (non-hydrogen) atoms. The maximum Gasteiger partial charge on any atom is 0.272 e. The summed E-state index contributed by atoms with van der Waals surface area (Å²) in [6.45, 7) is 5.51. The van der Waals surface area contributed by atoms with E-state index in [1.807, 2.05) is 72.6 Å². The van der Waals surface area contributed by atoms with E-state index >= 15 is 0 Å². The van der Waals surface area contributed by atoms with E-state index in [1.54, 1.807) is 7.11 Å². The zero-order valence-corrected chi connectivity index (χ0v) is 20.0. The third-order valence-corrected chi connectivity index (χ3v) is 6.41. The van der Waals surface area contributed by atoms with Crippen LogP contribution in [0.4, 0.5) is 0 Å². The van der Waals surface area contributed by atoms with E-state index in [-0.39, 0.29) is 5.91 Å². The number of aryl methyl sites for hydroxylation is 1. The van der Waals surface area contributed by atoms with Crippen LogP contribution in [-0.4, -0.2) is 63.4 Å². The Bertz CT molecular complexity index is 1330. The van der Waals surface area contributed by atoms with Gasteiger partial charge in [-0.2, -0.15) is 0 Å². The first-order valence-electron chi connectivity index (χ1n) is 11.3. The van der Waals surface area contributed by atoms with Crippen LogP contribution in [0.1, 0.15) is 21.7 Å². The van der Waals surface area contributed by atoms with Gasteiger partial charge >= 0.3 is 0 Å². The summed E-state index contributed by atoms with van der Waals surface area (Å²) in [6.07, 6.45) is 2.05. The lowest BCUT2D eigenvalue weighted by Crippen LogP contribution is -2.48. The van der Waals surface area contributed by atoms with Gasteiger partial charge in [0.1, 0.15) is 11.3 Å². The fourth-order valence-electron chi connectivity index (χ4n) is 4.37. The Morgan fingerprint density at radius 3 is 2.53 bits per heavy atom. The minimum Gasteiger partial charge on any atom is -0.481 e. The predicted molar refractivity (Wildman–Crippen MR) is 132 cm³/mol. The molecular weight excluding hydrogens is 450 g/mol. The molecule has 1 fully saturated rings. The second-order valence-electron chi connectivity index (χ2n) is 8.48. The van der Waals surface area contributed by atoms with E-state index < -0.39 is 0 Å². The van der Waals surface area contributed by atoms with E-state index in [0.29, 0.717) is 29.7 Å². The van der Waals surface area contributed by atoms with Crippen molar-refractivity contribution in [2.45, 2.75) is 13.5 Å². The number of hydrogen-bond donors (Lipinski definition) is 0. The summed E-state index contributed by atoms with van der Waals surface area (Å²) in [6, 6.07) is 17.5. The van der Waals surface area contributed by atoms with Crippen LogP contribution < -0.4 is 4.74 Å². The number of benzene rings is 1. The predicted octanol–water partition coefficient (Wildman–Crippen LogP) is 4.32. The molecule has 0 bridgehead atoms. The highest BCUT2D eigenvalue weighted by atomic mass is 35.5. The number of carbonyl (C=O) groups is 1. The van der Waals surface area contributed by atoms with Gasteiger partial charge in [0.2, 0.25) is 5.88 Å². The highest BCUT2D eigenvalue weighted by molar-refractivity contribution is 6.30. The molecule has 0 unspecified atom stereocenters. The van der Waals surface area contributed by atoms with Gasteiger partial charge in [0.15, 0.2) is 0 Å². The number of piperazine rings is 1. The minimum absolute atomic E-state index is 0.0571. The summed E-state index contributed by atoms with van der Waals surface area (Å²) < 4.78 is 7.38. The standard InChI is InChI=1S/C26H26ClN5O2/c1-18-15-21(28-24(16-18)34-2)26(33)31-13-11-30(12-14-31)17-22-25(19-6-8-20(27)9-7-19)29-23-5-3-4-10-32(22)23/h3-10,15-16H,11-14,17H2,1-2H3. The highest BCUT2D eigenvalue weighted by Gasteiger charge is 2.25. The van der Waals surface area contributed by atoms with Crippen molar-refractivity contribution in [3.8, 4) is 17.1 Å². The molecule has 8 heteroatoms. The van der Waals surface area contributed by atoms with Crippen molar-refractivity contribution >= 4 is 23.2 Å². The van der Waals surface area contributed by atoms with Gasteiger partial charge in [0, 0.05) is 55.6 Å². The van der Waals surface area contributed by atoms with E-state index in [2.05, 4.69) is 14.3 Å². The largest absolute Gasteiger partial charge is 0.481 e. The molecule has 1 aliphatic heterocycles. The second-order valence-corrected chi connectivity index (χ2v) is 8.92. The summed E-state index contributed by atoms with van der Waals surface area (Å²) in [5.74, 6) is 0.405. The number of amides is 1. The van der Waals surface area contributed by atoms with E-state index in [9.17, 15) is 4.79 Å². The lowest BCUT2D eigenvalue weighted by atomic mass is 10.1. The number of ether oxygens (including phenoxy) is 1. The van der Waals surface area contributed by atoms with Crippen LogP contribution in [0.25, 0.3) is 16.9 Å². The Balaban J connectivity index is 1.34. The molecule has 1 amide bonds. The number of carbonyl (C=O) groups excluding carboxylic acids is 1. The fourth-order valence-corrected chi connectivity index (χ4v) is 4.49. The molecule has 0 saturated carbocycles. The van der Waals surface area contributed by atoms with Crippen molar-refractivity contribution in [2.24, 2.45) is 0 Å². The van der Waals surface area contributed by atoms with E-state index in [0.717, 1.165) is 47.8 Å². The molecule has 5 rings (SSSR count). The normalized spacial score (nSPS) is 14.5. The van der Waals surface area contributed by atoms with Gasteiger partial charge < -0.3 is 14.0 Å². The SMILES string of the molecule is COc1cc(C)cc(C(=O)N2CCN(Cc3c(-c4ccc(Cl)cc4)nc4ccccn34)CC2)n1. The Kier molecular flexibility index (Phi) is 6.22. The average Bonchev–Trinajstić information content (AvgIpc) is 3.22. The summed E-state index contributed by atoms with van der Waals surface area (Å²) in [5, 5.41) is 0.704. The number of aromatic nitrogens is 3. The van der Waals surface area contributed by atoms with Crippen LogP contribution in [0, 0.1) is 6.92 Å². The summed E-state index contributed by atoms with van der Waals surface area (Å²) in [7, 11) is 1.56. The molecule has 1 saturated heterocycles. The zero-order chi connectivity index (χ0) is 23.7. The number of pyridine rings is 2. The number of methoxy groups -OCH3 is 1. The van der Waals surface area contributed by atoms with Crippen molar-refractivity contribution in [3.63, 3.8) is 0 Å². The van der Waals surface area contributed by atoms with Gasteiger partial charge in [-0.05, 0) is 42.8 Å². The molecule has 1 aliphatic rings. The van der Waals surface area contributed by atoms with Gasteiger partial charge in [-0.15, -0.1) is 0 Å². The number of nitrogens with zero attached hydrogens (tertiary/aromatic N) is 5. The quantitative estimate of drug-likeness (QED) is 0.430. The Morgan fingerprint density at radius 2 is 1.79 bits per heavy atom. The van der Waals surface area contributed by atoms with Gasteiger partial charge in [-0.1, -0.05) is 29.8 Å². The third kappa shape index (κ3) is 4.49. The summed E-state index contributed by atoms with van der Waals surface area (Å²) in [5.41, 5.74) is 5.42. The number of halogens is 1. The van der Waals surface area contributed by atoms with Gasteiger partial charge in [-0.25, -0.2) is 9.97 Å². The average molecular weight is 476 g/mol. The van der Waals surface area contributed by atoms with Gasteiger partial charge in [0.05, 0.1) is 18.5 Å². The lowest BCUT2D eigenvalue weighted by Gasteiger charge is -2.34. The van der Waals surface area contributed by atoms with Crippen molar-refractivity contribution in [1.29, 1.82) is 0 Å². The first-order chi connectivity index (χ1) is 16.5. The lowest BCUT2D eigenvalue weighted by molar-refractivity contribution is 0.0620. The van der Waals surface area contributed by atoms with E-state index in [1.165, 1.54) is 0 Å². The van der Waals surface area contributed by atoms with E-state index in [4.69, 9.17) is 21.3 Å². The smallest absolute Gasteiger partial charge is 0.272 e. The molecule has 0 aliphatic carbocycles. The number of hydrogen-bond acceptors (Lipinski definition) is 5. The third-order valence-electron chi connectivity index (χ3n) is 6.15. The van der Waals surface area contributed by atoms with Crippen LogP contribution in [0.5, 0.6) is 5.88 Å². The zero-order valence-electron chi connectivity index (χ0n) is 19.2. The molecule has 4 heterocycles. The molecule has 0 spiro atoms. The Hall–Kier alpha value is -3.42. The van der Waals surface area contributed by atoms with Crippen molar-refractivity contribution in [3.05, 3.63) is 82.8 Å². The molecule has 4 aromatic rings. The van der Waals surface area contributed by atoms with Crippen LogP contribution in [0.3, 0.4) is 0 Å². The topological polar surface area (TPSA) is 63.0 Å². The number of rotatable bonds is 5. The molecule has 0 radical (unpaired) electrons. The molecule has 1 aromatic carbocycles. The van der Waals surface area contributed by atoms with Crippen LogP contribution >= 0.6 is 11.6 Å². The van der Waals surface area contributed by atoms with Gasteiger partial charge in [-0.3, -0.25) is 9.69 Å². The monoisotopic (exact) mass is 475 g/mol. The molecule has 0 N–H and O–H groups in total. The second kappa shape index (κ2) is 9.44. The maximum absolute atomic E-state index is 13.0. The highest BCUT2D eigenvalue weighted by Crippen LogP contribution is 2.27. The first-order valence-corrected chi connectivity index (χ1v) is 11.7. The van der Waals surface area contributed by atoms with Gasteiger partial charge in [0.25, 0.3) is 5.91 Å². The Labute approximate surface area is 203 Å². The van der Waals surface area contributed by atoms with Crippen LogP contribution in [0.2, 0.25) is 5.02 Å². The molecule has 7 nitrogen and oxygen atoms in total. The number of fused-ring (bicyclic) bond motifs is 1. The fraction of sp³-hybridized carbons (Fsp3) is 0.269. The van der Waals surface area contributed by atoms with Crippen molar-refractivity contribution in [2.75, 3.05) is 33.3 Å². The van der Waals surface area contributed by atoms with Crippen molar-refractivity contribution < 1.29 is 9.53 Å². The molecule has 3 aromatic heterocycles. The molecule has 174 valence electrons. The number of imidazole rings is 1. The minimum atomic E-state index is -0.0571. The molecule has 0 atom stereocenters. The maximum atomic E-state index is 13.0.